The fraction of sp³-hybridized carbons (Fsp3) is 0.167. The standard InChI is InChI=1S/C24H17F2N5O/c1-15-6-9-20-21(13-17-4-3-5-18(12-17)24(2,25)26)28-32-23(20)19(15)10-7-16-8-11-22-27-29-30-31(22)14-16/h3-6,8-9,11-12,14H,13H2,1-2H3. The molecule has 0 aliphatic carbocycles. The van der Waals surface area contributed by atoms with Gasteiger partial charge in [0.25, 0.3) is 5.92 Å². The van der Waals surface area contributed by atoms with Crippen molar-refractivity contribution >= 4 is 16.6 Å². The van der Waals surface area contributed by atoms with Crippen LogP contribution in [0.5, 0.6) is 0 Å². The van der Waals surface area contributed by atoms with Crippen molar-refractivity contribution in [1.29, 1.82) is 0 Å². The summed E-state index contributed by atoms with van der Waals surface area (Å²) in [5.41, 5.74) is 5.03. The molecular weight excluding hydrogens is 412 g/mol. The van der Waals surface area contributed by atoms with E-state index in [0.29, 0.717) is 23.3 Å². The Balaban J connectivity index is 1.51. The number of alkyl halides is 2. The molecule has 6 nitrogen and oxygen atoms in total. The Labute approximate surface area is 181 Å². The molecule has 3 heterocycles. The second-order valence-corrected chi connectivity index (χ2v) is 7.68. The lowest BCUT2D eigenvalue weighted by molar-refractivity contribution is 0.0174. The molecule has 0 spiro atoms. The molecule has 2 aromatic carbocycles. The summed E-state index contributed by atoms with van der Waals surface area (Å²) in [5, 5.41) is 16.4. The van der Waals surface area contributed by atoms with Crippen LogP contribution in [0, 0.1) is 18.8 Å². The summed E-state index contributed by atoms with van der Waals surface area (Å²) < 4.78 is 34.6. The number of hydrogen-bond acceptors (Lipinski definition) is 5. The minimum Gasteiger partial charge on any atom is -0.355 e. The first-order valence-electron chi connectivity index (χ1n) is 9.93. The molecule has 0 atom stereocenters. The molecule has 0 unspecified atom stereocenters. The third-order valence-electron chi connectivity index (χ3n) is 5.25. The molecule has 0 bridgehead atoms. The molecule has 0 amide bonds. The maximum Gasteiger partial charge on any atom is 0.270 e. The van der Waals surface area contributed by atoms with Crippen LogP contribution in [0.25, 0.3) is 16.6 Å². The predicted octanol–water partition coefficient (Wildman–Crippen LogP) is 4.68. The van der Waals surface area contributed by atoms with E-state index in [2.05, 4.69) is 32.5 Å². The summed E-state index contributed by atoms with van der Waals surface area (Å²) in [6, 6.07) is 13.9. The van der Waals surface area contributed by atoms with Gasteiger partial charge in [0.2, 0.25) is 0 Å². The average Bonchev–Trinajstić information content (AvgIpc) is 3.39. The van der Waals surface area contributed by atoms with E-state index < -0.39 is 5.92 Å². The van der Waals surface area contributed by atoms with Crippen LogP contribution in [0.2, 0.25) is 0 Å². The van der Waals surface area contributed by atoms with Crippen molar-refractivity contribution < 1.29 is 13.3 Å². The fourth-order valence-electron chi connectivity index (χ4n) is 3.53. The zero-order valence-corrected chi connectivity index (χ0v) is 17.3. The van der Waals surface area contributed by atoms with E-state index in [9.17, 15) is 8.78 Å². The van der Waals surface area contributed by atoms with Crippen LogP contribution in [-0.2, 0) is 12.3 Å². The van der Waals surface area contributed by atoms with Gasteiger partial charge in [-0.15, -0.1) is 5.10 Å². The molecule has 5 aromatic rings. The normalized spacial score (nSPS) is 11.6. The number of nitrogens with zero attached hydrogens (tertiary/aromatic N) is 5. The number of benzene rings is 2. The fourth-order valence-corrected chi connectivity index (χ4v) is 3.53. The van der Waals surface area contributed by atoms with E-state index in [4.69, 9.17) is 4.52 Å². The Kier molecular flexibility index (Phi) is 4.67. The third kappa shape index (κ3) is 3.69. The lowest BCUT2D eigenvalue weighted by Gasteiger charge is -2.11. The topological polar surface area (TPSA) is 69.1 Å². The van der Waals surface area contributed by atoms with Gasteiger partial charge in [0.15, 0.2) is 11.2 Å². The Morgan fingerprint density at radius 1 is 1.09 bits per heavy atom. The molecule has 8 heteroatoms. The van der Waals surface area contributed by atoms with Crippen LogP contribution in [0.1, 0.15) is 40.4 Å². The van der Waals surface area contributed by atoms with Crippen molar-refractivity contribution in [3.05, 3.63) is 88.2 Å². The molecule has 0 aliphatic rings. The van der Waals surface area contributed by atoms with Gasteiger partial charge in [-0.2, -0.15) is 4.52 Å². The minimum atomic E-state index is -2.90. The average molecular weight is 429 g/mol. The van der Waals surface area contributed by atoms with E-state index in [1.807, 2.05) is 25.1 Å². The number of pyridine rings is 1. The monoisotopic (exact) mass is 429 g/mol. The smallest absolute Gasteiger partial charge is 0.270 e. The van der Waals surface area contributed by atoms with E-state index >= 15 is 0 Å². The summed E-state index contributed by atoms with van der Waals surface area (Å²) in [6.45, 7) is 2.84. The number of fused-ring (bicyclic) bond motifs is 2. The number of aryl methyl sites for hydroxylation is 1. The number of halogens is 2. The first-order chi connectivity index (χ1) is 15.4. The largest absolute Gasteiger partial charge is 0.355 e. The lowest BCUT2D eigenvalue weighted by Crippen LogP contribution is -2.07. The van der Waals surface area contributed by atoms with Gasteiger partial charge in [-0.25, -0.2) is 8.78 Å². The van der Waals surface area contributed by atoms with E-state index in [-0.39, 0.29) is 5.56 Å². The van der Waals surface area contributed by atoms with Gasteiger partial charge in [-0.1, -0.05) is 41.3 Å². The third-order valence-corrected chi connectivity index (χ3v) is 5.25. The zero-order chi connectivity index (χ0) is 22.3. The highest BCUT2D eigenvalue weighted by atomic mass is 19.3. The van der Waals surface area contributed by atoms with E-state index in [0.717, 1.165) is 34.6 Å². The maximum atomic E-state index is 13.7. The van der Waals surface area contributed by atoms with Crippen molar-refractivity contribution in [3.63, 3.8) is 0 Å². The summed E-state index contributed by atoms with van der Waals surface area (Å²) in [6.07, 6.45) is 2.13. The van der Waals surface area contributed by atoms with E-state index in [1.165, 1.54) is 12.1 Å². The maximum absolute atomic E-state index is 13.7. The van der Waals surface area contributed by atoms with Gasteiger partial charge < -0.3 is 4.52 Å². The second-order valence-electron chi connectivity index (χ2n) is 7.68. The van der Waals surface area contributed by atoms with Gasteiger partial charge in [-0.05, 0) is 52.7 Å². The van der Waals surface area contributed by atoms with Crippen molar-refractivity contribution in [2.45, 2.75) is 26.2 Å². The molecule has 0 saturated heterocycles. The molecule has 5 rings (SSSR count). The molecule has 158 valence electrons. The molecule has 0 fully saturated rings. The highest BCUT2D eigenvalue weighted by Crippen LogP contribution is 2.30. The summed E-state index contributed by atoms with van der Waals surface area (Å²) in [5.74, 6) is 3.40. The zero-order valence-electron chi connectivity index (χ0n) is 17.3. The van der Waals surface area contributed by atoms with Gasteiger partial charge in [0, 0.05) is 36.1 Å². The van der Waals surface area contributed by atoms with Gasteiger partial charge >= 0.3 is 0 Å². The first-order valence-corrected chi connectivity index (χ1v) is 9.93. The van der Waals surface area contributed by atoms with Crippen molar-refractivity contribution in [1.82, 2.24) is 25.2 Å². The van der Waals surface area contributed by atoms with Gasteiger partial charge in [-0.3, -0.25) is 0 Å². The van der Waals surface area contributed by atoms with Crippen LogP contribution in [0.15, 0.2) is 59.3 Å². The van der Waals surface area contributed by atoms with Crippen LogP contribution < -0.4 is 0 Å². The van der Waals surface area contributed by atoms with Crippen LogP contribution in [-0.4, -0.2) is 25.2 Å². The lowest BCUT2D eigenvalue weighted by atomic mass is 10.00. The van der Waals surface area contributed by atoms with Gasteiger partial charge in [0.05, 0.1) is 11.3 Å². The van der Waals surface area contributed by atoms with Crippen LogP contribution in [0.3, 0.4) is 0 Å². The molecule has 0 aliphatic heterocycles. The Bertz CT molecular complexity index is 1520. The van der Waals surface area contributed by atoms with Gasteiger partial charge in [0.1, 0.15) is 0 Å². The van der Waals surface area contributed by atoms with Crippen LogP contribution in [0.4, 0.5) is 8.78 Å². The predicted molar refractivity (Wildman–Crippen MR) is 114 cm³/mol. The first kappa shape index (κ1) is 19.8. The molecule has 0 saturated carbocycles. The SMILES string of the molecule is Cc1ccc2c(Cc3cccc(C(C)(F)F)c3)noc2c1C#Cc1ccc2nnnn2c1. The summed E-state index contributed by atoms with van der Waals surface area (Å²) >= 11 is 0. The molecule has 32 heavy (non-hydrogen) atoms. The molecular formula is C24H17F2N5O. The number of aromatic nitrogens is 5. The Morgan fingerprint density at radius 2 is 1.97 bits per heavy atom. The van der Waals surface area contributed by atoms with Crippen LogP contribution >= 0.6 is 0 Å². The van der Waals surface area contributed by atoms with Crippen molar-refractivity contribution in [2.24, 2.45) is 0 Å². The van der Waals surface area contributed by atoms with Crippen molar-refractivity contribution in [3.8, 4) is 11.8 Å². The second kappa shape index (κ2) is 7.54. The molecule has 0 radical (unpaired) electrons. The summed E-state index contributed by atoms with van der Waals surface area (Å²) in [4.78, 5) is 0. The summed E-state index contributed by atoms with van der Waals surface area (Å²) in [7, 11) is 0. The minimum absolute atomic E-state index is 0.0234. The number of hydrogen-bond donors (Lipinski definition) is 0. The van der Waals surface area contributed by atoms with E-state index in [1.54, 1.807) is 28.9 Å². The number of rotatable bonds is 3. The highest BCUT2D eigenvalue weighted by molar-refractivity contribution is 5.86. The number of tetrazole rings is 1. The molecule has 0 N–H and O–H groups in total. The van der Waals surface area contributed by atoms with Crippen molar-refractivity contribution in [2.75, 3.05) is 0 Å². The Morgan fingerprint density at radius 3 is 2.81 bits per heavy atom. The highest BCUT2D eigenvalue weighted by Gasteiger charge is 2.24. The molecule has 3 aromatic heterocycles. The quantitative estimate of drug-likeness (QED) is 0.390. The Hall–Kier alpha value is -4.12.